The largest absolute Gasteiger partial charge is 0.388 e. The van der Waals surface area contributed by atoms with E-state index in [1.807, 2.05) is 31.2 Å². The molecule has 1 N–H and O–H groups in total. The van der Waals surface area contributed by atoms with Gasteiger partial charge in [-0.15, -0.1) is 0 Å². The van der Waals surface area contributed by atoms with Crippen LogP contribution in [0.4, 0.5) is 0 Å². The fourth-order valence-electron chi connectivity index (χ4n) is 3.59. The summed E-state index contributed by atoms with van der Waals surface area (Å²) in [4.78, 5) is 14.6. The minimum absolute atomic E-state index is 0.0644. The fraction of sp³-hybridized carbons (Fsp3) is 0.409. The van der Waals surface area contributed by atoms with E-state index in [2.05, 4.69) is 32.9 Å². The van der Waals surface area contributed by atoms with Crippen molar-refractivity contribution >= 4 is 5.91 Å². The molecule has 2 aromatic rings. The molecule has 26 heavy (non-hydrogen) atoms. The SMILES string of the molecule is CCN(C(=O)c1ccc(-c2cc(C)c(C)cc2C)cc1)[C@H]1COC[C@@H]1O. The van der Waals surface area contributed by atoms with Crippen LogP contribution < -0.4 is 0 Å². The summed E-state index contributed by atoms with van der Waals surface area (Å²) < 4.78 is 5.31. The van der Waals surface area contributed by atoms with E-state index in [0.717, 1.165) is 5.56 Å². The van der Waals surface area contributed by atoms with Gasteiger partial charge in [-0.1, -0.05) is 24.3 Å². The van der Waals surface area contributed by atoms with Crippen molar-refractivity contribution < 1.29 is 14.6 Å². The molecule has 4 heteroatoms. The van der Waals surface area contributed by atoms with Crippen molar-refractivity contribution in [2.45, 2.75) is 39.8 Å². The Labute approximate surface area is 155 Å². The molecule has 1 aliphatic heterocycles. The maximum Gasteiger partial charge on any atom is 0.254 e. The van der Waals surface area contributed by atoms with Gasteiger partial charge in [0.1, 0.15) is 0 Å². The van der Waals surface area contributed by atoms with Gasteiger partial charge in [0.25, 0.3) is 5.91 Å². The number of aliphatic hydroxyl groups is 1. The Bertz CT molecular complexity index is 798. The van der Waals surface area contributed by atoms with Gasteiger partial charge in [0, 0.05) is 12.1 Å². The van der Waals surface area contributed by atoms with Gasteiger partial charge in [0.15, 0.2) is 0 Å². The lowest BCUT2D eigenvalue weighted by Crippen LogP contribution is -2.46. The van der Waals surface area contributed by atoms with Crippen LogP contribution in [0.1, 0.15) is 34.0 Å². The molecule has 138 valence electrons. The summed E-state index contributed by atoms with van der Waals surface area (Å²) in [6, 6.07) is 11.9. The first-order chi connectivity index (χ1) is 12.4. The van der Waals surface area contributed by atoms with Crippen molar-refractivity contribution in [1.29, 1.82) is 0 Å². The quantitative estimate of drug-likeness (QED) is 0.915. The predicted molar refractivity (Wildman–Crippen MR) is 103 cm³/mol. The smallest absolute Gasteiger partial charge is 0.254 e. The minimum atomic E-state index is -0.614. The standard InChI is InChI=1S/C22H27NO3/c1-5-23(20-12-26-13-21(20)24)22(25)18-8-6-17(7-9-18)19-11-15(3)14(2)10-16(19)4/h6-11,20-21,24H,5,12-13H2,1-4H3/t20-,21-/m0/s1. The van der Waals surface area contributed by atoms with E-state index in [0.29, 0.717) is 25.3 Å². The second kappa shape index (κ2) is 7.60. The molecule has 0 saturated carbocycles. The van der Waals surface area contributed by atoms with Crippen LogP contribution >= 0.6 is 0 Å². The highest BCUT2D eigenvalue weighted by Gasteiger charge is 2.34. The maximum absolute atomic E-state index is 12.9. The molecule has 1 saturated heterocycles. The zero-order valence-corrected chi connectivity index (χ0v) is 16.0. The lowest BCUT2D eigenvalue weighted by atomic mass is 9.95. The van der Waals surface area contributed by atoms with Crippen LogP contribution in [0.15, 0.2) is 36.4 Å². The van der Waals surface area contributed by atoms with Crippen LogP contribution in [-0.4, -0.2) is 47.8 Å². The molecule has 0 aromatic heterocycles. The summed E-state index contributed by atoms with van der Waals surface area (Å²) >= 11 is 0. The van der Waals surface area contributed by atoms with Crippen LogP contribution in [0.5, 0.6) is 0 Å². The second-order valence-corrected chi connectivity index (χ2v) is 7.09. The topological polar surface area (TPSA) is 49.8 Å². The molecule has 0 bridgehead atoms. The average molecular weight is 353 g/mol. The highest BCUT2D eigenvalue weighted by atomic mass is 16.5. The molecule has 1 aliphatic rings. The van der Waals surface area contributed by atoms with E-state index in [1.165, 1.54) is 22.3 Å². The molecular weight excluding hydrogens is 326 g/mol. The first-order valence-electron chi connectivity index (χ1n) is 9.17. The van der Waals surface area contributed by atoms with Crippen LogP contribution in [0.2, 0.25) is 0 Å². The molecule has 2 atom stereocenters. The van der Waals surface area contributed by atoms with Gasteiger partial charge in [-0.05, 0) is 67.6 Å². The summed E-state index contributed by atoms with van der Waals surface area (Å²) in [5, 5.41) is 10.0. The highest BCUT2D eigenvalue weighted by molar-refractivity contribution is 5.95. The zero-order chi connectivity index (χ0) is 18.8. The number of hydrogen-bond acceptors (Lipinski definition) is 3. The third-order valence-electron chi connectivity index (χ3n) is 5.31. The van der Waals surface area contributed by atoms with E-state index in [1.54, 1.807) is 4.90 Å². The number of ether oxygens (including phenoxy) is 1. The second-order valence-electron chi connectivity index (χ2n) is 7.09. The number of aryl methyl sites for hydroxylation is 3. The molecule has 1 heterocycles. The predicted octanol–water partition coefficient (Wildman–Crippen LogP) is 3.50. The number of carbonyl (C=O) groups excluding carboxylic acids is 1. The Morgan fingerprint density at radius 2 is 1.73 bits per heavy atom. The van der Waals surface area contributed by atoms with Gasteiger partial charge in [-0.2, -0.15) is 0 Å². The Kier molecular flexibility index (Phi) is 5.44. The number of hydrogen-bond donors (Lipinski definition) is 1. The first-order valence-corrected chi connectivity index (χ1v) is 9.17. The zero-order valence-electron chi connectivity index (χ0n) is 16.0. The van der Waals surface area contributed by atoms with E-state index >= 15 is 0 Å². The Morgan fingerprint density at radius 1 is 1.08 bits per heavy atom. The summed E-state index contributed by atoms with van der Waals surface area (Å²) in [6.45, 7) is 9.50. The Balaban J connectivity index is 1.85. The van der Waals surface area contributed by atoms with Crippen molar-refractivity contribution in [3.63, 3.8) is 0 Å². The lowest BCUT2D eigenvalue weighted by molar-refractivity contribution is 0.0520. The van der Waals surface area contributed by atoms with Crippen molar-refractivity contribution in [1.82, 2.24) is 4.90 Å². The van der Waals surface area contributed by atoms with Crippen LogP contribution in [0.3, 0.4) is 0 Å². The van der Waals surface area contributed by atoms with Gasteiger partial charge in [-0.25, -0.2) is 0 Å². The highest BCUT2D eigenvalue weighted by Crippen LogP contribution is 2.27. The maximum atomic E-state index is 12.9. The number of aliphatic hydroxyl groups excluding tert-OH is 1. The normalized spacial score (nSPS) is 19.6. The Morgan fingerprint density at radius 3 is 2.31 bits per heavy atom. The van der Waals surface area contributed by atoms with Crippen LogP contribution in [-0.2, 0) is 4.74 Å². The monoisotopic (exact) mass is 353 g/mol. The van der Waals surface area contributed by atoms with Gasteiger partial charge in [0.2, 0.25) is 0 Å². The van der Waals surface area contributed by atoms with Gasteiger partial charge in [0.05, 0.1) is 25.4 Å². The number of amides is 1. The molecule has 1 fully saturated rings. The Hall–Kier alpha value is -2.17. The summed E-state index contributed by atoms with van der Waals surface area (Å²) in [5.74, 6) is -0.0644. The molecule has 3 rings (SSSR count). The van der Waals surface area contributed by atoms with Gasteiger partial charge < -0.3 is 14.7 Å². The van der Waals surface area contributed by atoms with Crippen LogP contribution in [0.25, 0.3) is 11.1 Å². The lowest BCUT2D eigenvalue weighted by Gasteiger charge is -2.29. The van der Waals surface area contributed by atoms with E-state index in [4.69, 9.17) is 4.74 Å². The number of rotatable bonds is 4. The summed E-state index contributed by atoms with van der Waals surface area (Å²) in [6.07, 6.45) is -0.614. The average Bonchev–Trinajstić information content (AvgIpc) is 3.05. The first kappa shape index (κ1) is 18.6. The third-order valence-corrected chi connectivity index (χ3v) is 5.31. The molecule has 0 spiro atoms. The van der Waals surface area contributed by atoms with Crippen molar-refractivity contribution in [2.24, 2.45) is 0 Å². The molecule has 0 aliphatic carbocycles. The molecule has 2 aromatic carbocycles. The number of likely N-dealkylation sites (N-methyl/N-ethyl adjacent to an activating group) is 1. The summed E-state index contributed by atoms with van der Waals surface area (Å²) in [5.41, 5.74) is 6.71. The van der Waals surface area contributed by atoms with Gasteiger partial charge in [-0.3, -0.25) is 4.79 Å². The van der Waals surface area contributed by atoms with E-state index in [9.17, 15) is 9.90 Å². The van der Waals surface area contributed by atoms with Gasteiger partial charge >= 0.3 is 0 Å². The van der Waals surface area contributed by atoms with E-state index in [-0.39, 0.29) is 11.9 Å². The minimum Gasteiger partial charge on any atom is -0.388 e. The van der Waals surface area contributed by atoms with E-state index < -0.39 is 6.10 Å². The fourth-order valence-corrected chi connectivity index (χ4v) is 3.59. The molecular formula is C22H27NO3. The molecule has 0 unspecified atom stereocenters. The molecule has 1 amide bonds. The van der Waals surface area contributed by atoms with Crippen molar-refractivity contribution in [3.8, 4) is 11.1 Å². The summed E-state index contributed by atoms with van der Waals surface area (Å²) in [7, 11) is 0. The molecule has 4 nitrogen and oxygen atoms in total. The number of carbonyl (C=O) groups is 1. The number of nitrogens with zero attached hydrogens (tertiary/aromatic N) is 1. The number of benzene rings is 2. The van der Waals surface area contributed by atoms with Crippen molar-refractivity contribution in [2.75, 3.05) is 19.8 Å². The van der Waals surface area contributed by atoms with Crippen molar-refractivity contribution in [3.05, 3.63) is 58.7 Å². The molecule has 0 radical (unpaired) electrons. The third kappa shape index (κ3) is 3.53. The van der Waals surface area contributed by atoms with Crippen LogP contribution in [0, 0.1) is 20.8 Å².